The minimum absolute atomic E-state index is 0.0433. The highest BCUT2D eigenvalue weighted by Crippen LogP contribution is 2.18. The molecular formula is C16H19NO4. The zero-order valence-electron chi connectivity index (χ0n) is 12.2. The SMILES string of the molecule is COC1CN(C(=O)c2ccc(C#CCO)cc2)CC1OC. The van der Waals surface area contributed by atoms with Gasteiger partial charge in [-0.3, -0.25) is 4.79 Å². The van der Waals surface area contributed by atoms with Crippen molar-refractivity contribution in [3.63, 3.8) is 0 Å². The molecule has 5 nitrogen and oxygen atoms in total. The number of rotatable bonds is 3. The highest BCUT2D eigenvalue weighted by atomic mass is 16.5. The van der Waals surface area contributed by atoms with E-state index in [9.17, 15) is 4.79 Å². The summed E-state index contributed by atoms with van der Waals surface area (Å²) in [7, 11) is 3.25. The smallest absolute Gasteiger partial charge is 0.254 e. The maximum absolute atomic E-state index is 12.4. The average molecular weight is 289 g/mol. The molecule has 1 aromatic rings. The monoisotopic (exact) mass is 289 g/mol. The van der Waals surface area contributed by atoms with Crippen LogP contribution in [0, 0.1) is 11.8 Å². The van der Waals surface area contributed by atoms with Crippen molar-refractivity contribution in [2.45, 2.75) is 12.2 Å². The number of hydrogen-bond acceptors (Lipinski definition) is 4. The number of methoxy groups -OCH3 is 2. The van der Waals surface area contributed by atoms with Gasteiger partial charge in [-0.05, 0) is 24.3 Å². The van der Waals surface area contributed by atoms with Gasteiger partial charge in [-0.15, -0.1) is 0 Å². The quantitative estimate of drug-likeness (QED) is 0.824. The van der Waals surface area contributed by atoms with Crippen molar-refractivity contribution in [1.82, 2.24) is 4.90 Å². The molecule has 0 bridgehead atoms. The van der Waals surface area contributed by atoms with Crippen LogP contribution in [0.1, 0.15) is 15.9 Å². The number of carbonyl (C=O) groups excluding carboxylic acids is 1. The Morgan fingerprint density at radius 2 is 1.81 bits per heavy atom. The van der Waals surface area contributed by atoms with Gasteiger partial charge in [-0.2, -0.15) is 0 Å². The van der Waals surface area contributed by atoms with Crippen LogP contribution in [-0.4, -0.2) is 62.0 Å². The van der Waals surface area contributed by atoms with Crippen LogP contribution in [0.3, 0.4) is 0 Å². The first-order valence-electron chi connectivity index (χ1n) is 6.74. The van der Waals surface area contributed by atoms with E-state index in [1.54, 1.807) is 43.4 Å². The largest absolute Gasteiger partial charge is 0.384 e. The summed E-state index contributed by atoms with van der Waals surface area (Å²) in [5, 5.41) is 8.65. The van der Waals surface area contributed by atoms with E-state index in [-0.39, 0.29) is 24.7 Å². The van der Waals surface area contributed by atoms with Crippen LogP contribution in [0.2, 0.25) is 0 Å². The molecule has 1 saturated heterocycles. The molecule has 2 atom stereocenters. The van der Waals surface area contributed by atoms with E-state index in [0.29, 0.717) is 18.7 Å². The lowest BCUT2D eigenvalue weighted by Crippen LogP contribution is -2.30. The number of aliphatic hydroxyl groups excluding tert-OH is 1. The Balaban J connectivity index is 2.07. The standard InChI is InChI=1S/C16H19NO4/c1-20-14-10-17(11-15(14)21-2)16(19)13-7-5-12(6-8-13)4-3-9-18/h5-8,14-15,18H,9-11H2,1-2H3. The number of amides is 1. The maximum Gasteiger partial charge on any atom is 0.254 e. The number of likely N-dealkylation sites (tertiary alicyclic amines) is 1. The Kier molecular flexibility index (Phi) is 5.34. The van der Waals surface area contributed by atoms with E-state index < -0.39 is 0 Å². The lowest BCUT2D eigenvalue weighted by atomic mass is 10.1. The second kappa shape index (κ2) is 7.23. The van der Waals surface area contributed by atoms with Gasteiger partial charge in [0.15, 0.2) is 0 Å². The van der Waals surface area contributed by atoms with E-state index in [4.69, 9.17) is 14.6 Å². The first kappa shape index (κ1) is 15.5. The molecule has 1 N–H and O–H groups in total. The van der Waals surface area contributed by atoms with Crippen LogP contribution in [0.5, 0.6) is 0 Å². The Morgan fingerprint density at radius 3 is 2.29 bits per heavy atom. The summed E-state index contributed by atoms with van der Waals surface area (Å²) < 4.78 is 10.7. The van der Waals surface area contributed by atoms with Crippen molar-refractivity contribution in [1.29, 1.82) is 0 Å². The maximum atomic E-state index is 12.4. The van der Waals surface area contributed by atoms with Crippen LogP contribution >= 0.6 is 0 Å². The lowest BCUT2D eigenvalue weighted by molar-refractivity contribution is -0.00461. The second-order valence-electron chi connectivity index (χ2n) is 4.80. The van der Waals surface area contributed by atoms with Gasteiger partial charge in [0.05, 0.1) is 0 Å². The van der Waals surface area contributed by atoms with Crippen LogP contribution in [0.4, 0.5) is 0 Å². The third-order valence-corrected chi connectivity index (χ3v) is 3.55. The van der Waals surface area contributed by atoms with Gasteiger partial charge in [-0.1, -0.05) is 11.8 Å². The van der Waals surface area contributed by atoms with Crippen LogP contribution in [0.15, 0.2) is 24.3 Å². The van der Waals surface area contributed by atoms with Crippen molar-refractivity contribution in [3.05, 3.63) is 35.4 Å². The fraction of sp³-hybridized carbons (Fsp3) is 0.438. The highest BCUT2D eigenvalue weighted by molar-refractivity contribution is 5.94. The predicted octanol–water partition coefficient (Wildman–Crippen LogP) is 0.516. The van der Waals surface area contributed by atoms with Crippen LogP contribution in [0.25, 0.3) is 0 Å². The molecule has 21 heavy (non-hydrogen) atoms. The normalized spacial score (nSPS) is 21.0. The zero-order chi connectivity index (χ0) is 15.2. The van der Waals surface area contributed by atoms with Crippen molar-refractivity contribution in [2.75, 3.05) is 33.9 Å². The summed E-state index contributed by atoms with van der Waals surface area (Å²) in [4.78, 5) is 14.2. The van der Waals surface area contributed by atoms with E-state index in [1.165, 1.54) is 0 Å². The Labute approximate surface area is 124 Å². The molecule has 1 aromatic carbocycles. The third-order valence-electron chi connectivity index (χ3n) is 3.55. The van der Waals surface area contributed by atoms with Gasteiger partial charge in [0, 0.05) is 38.4 Å². The van der Waals surface area contributed by atoms with E-state index in [1.807, 2.05) is 0 Å². The molecular weight excluding hydrogens is 270 g/mol. The number of carbonyl (C=O) groups is 1. The summed E-state index contributed by atoms with van der Waals surface area (Å²) >= 11 is 0. The van der Waals surface area contributed by atoms with E-state index in [0.717, 1.165) is 5.56 Å². The molecule has 0 aliphatic carbocycles. The predicted molar refractivity (Wildman–Crippen MR) is 77.9 cm³/mol. The number of nitrogens with zero attached hydrogens (tertiary/aromatic N) is 1. The van der Waals surface area contributed by atoms with Crippen LogP contribution < -0.4 is 0 Å². The van der Waals surface area contributed by atoms with E-state index in [2.05, 4.69) is 11.8 Å². The van der Waals surface area contributed by atoms with Crippen molar-refractivity contribution < 1.29 is 19.4 Å². The van der Waals surface area contributed by atoms with Crippen molar-refractivity contribution >= 4 is 5.91 Å². The topological polar surface area (TPSA) is 59.0 Å². The second-order valence-corrected chi connectivity index (χ2v) is 4.80. The number of aliphatic hydroxyl groups is 1. The summed E-state index contributed by atoms with van der Waals surface area (Å²) in [5.41, 5.74) is 1.38. The molecule has 1 aliphatic heterocycles. The number of ether oxygens (including phenoxy) is 2. The Bertz CT molecular complexity index is 532. The molecule has 1 amide bonds. The van der Waals surface area contributed by atoms with E-state index >= 15 is 0 Å². The highest BCUT2D eigenvalue weighted by Gasteiger charge is 2.35. The molecule has 0 spiro atoms. The number of benzene rings is 1. The minimum Gasteiger partial charge on any atom is -0.384 e. The van der Waals surface area contributed by atoms with Crippen molar-refractivity contribution in [2.24, 2.45) is 0 Å². The number of hydrogen-bond donors (Lipinski definition) is 1. The van der Waals surface area contributed by atoms with Gasteiger partial charge in [0.1, 0.15) is 18.8 Å². The Hall–Kier alpha value is -1.87. The molecule has 1 heterocycles. The van der Waals surface area contributed by atoms with Gasteiger partial charge in [0.25, 0.3) is 5.91 Å². The average Bonchev–Trinajstić information content (AvgIpc) is 2.96. The van der Waals surface area contributed by atoms with Crippen molar-refractivity contribution in [3.8, 4) is 11.8 Å². The zero-order valence-corrected chi connectivity index (χ0v) is 12.2. The molecule has 1 aliphatic rings. The summed E-state index contributed by atoms with van der Waals surface area (Å²) in [6, 6.07) is 7.03. The van der Waals surface area contributed by atoms with Gasteiger partial charge < -0.3 is 19.5 Å². The molecule has 0 aromatic heterocycles. The van der Waals surface area contributed by atoms with Crippen LogP contribution in [-0.2, 0) is 9.47 Å². The summed E-state index contributed by atoms with van der Waals surface area (Å²) in [6.07, 6.45) is -0.178. The Morgan fingerprint density at radius 1 is 1.24 bits per heavy atom. The van der Waals surface area contributed by atoms with Gasteiger partial charge >= 0.3 is 0 Å². The first-order valence-corrected chi connectivity index (χ1v) is 6.74. The molecule has 5 heteroatoms. The fourth-order valence-corrected chi connectivity index (χ4v) is 2.38. The third kappa shape index (κ3) is 3.61. The van der Waals surface area contributed by atoms with Gasteiger partial charge in [0.2, 0.25) is 0 Å². The molecule has 0 radical (unpaired) electrons. The fourth-order valence-electron chi connectivity index (χ4n) is 2.38. The lowest BCUT2D eigenvalue weighted by Gasteiger charge is -2.15. The molecule has 2 rings (SSSR count). The summed E-state index contributed by atoms with van der Waals surface area (Å²) in [6.45, 7) is 0.880. The molecule has 0 saturated carbocycles. The molecule has 112 valence electrons. The summed E-state index contributed by atoms with van der Waals surface area (Å²) in [5.74, 6) is 5.33. The minimum atomic E-state index is -0.175. The first-order chi connectivity index (χ1) is 10.2. The molecule has 2 unspecified atom stereocenters. The molecule has 1 fully saturated rings. The van der Waals surface area contributed by atoms with Gasteiger partial charge in [-0.25, -0.2) is 0 Å².